The molecule has 0 fully saturated rings. The Labute approximate surface area is 127 Å². The normalized spacial score (nSPS) is 10.9. The molecule has 1 N–H and O–H groups in total. The van der Waals surface area contributed by atoms with Gasteiger partial charge in [-0.15, -0.1) is 0 Å². The van der Waals surface area contributed by atoms with Crippen molar-refractivity contribution in [3.05, 3.63) is 70.9 Å². The molecule has 0 aliphatic rings. The van der Waals surface area contributed by atoms with Crippen molar-refractivity contribution in [2.24, 2.45) is 0 Å². The summed E-state index contributed by atoms with van der Waals surface area (Å²) in [6.45, 7) is 0.748. The van der Waals surface area contributed by atoms with Crippen molar-refractivity contribution in [2.45, 2.75) is 13.0 Å². The maximum atomic E-state index is 10.7. The van der Waals surface area contributed by atoms with E-state index in [1.165, 1.54) is 0 Å². The lowest BCUT2D eigenvalue weighted by molar-refractivity contribution is -0.136. The van der Waals surface area contributed by atoms with Gasteiger partial charge in [0.05, 0.1) is 6.42 Å². The van der Waals surface area contributed by atoms with Crippen LogP contribution in [0, 0.1) is 0 Å². The Morgan fingerprint density at radius 2 is 1.76 bits per heavy atom. The number of halogens is 1. The summed E-state index contributed by atoms with van der Waals surface area (Å²) in [6, 6.07) is 15.6. The second-order valence-corrected chi connectivity index (χ2v) is 5.47. The van der Waals surface area contributed by atoms with E-state index in [0.717, 1.165) is 33.6 Å². The third-order valence-corrected chi connectivity index (χ3v) is 3.70. The monoisotopic (exact) mass is 299 g/mol. The average Bonchev–Trinajstić information content (AvgIpc) is 2.83. The first-order valence-corrected chi connectivity index (χ1v) is 7.03. The summed E-state index contributed by atoms with van der Waals surface area (Å²) in [5.41, 5.74) is 3.08. The topological polar surface area (TPSA) is 42.2 Å². The Hall–Kier alpha value is -2.26. The second kappa shape index (κ2) is 5.62. The lowest BCUT2D eigenvalue weighted by Crippen LogP contribution is -2.01. The summed E-state index contributed by atoms with van der Waals surface area (Å²) in [4.78, 5) is 10.7. The fourth-order valence-corrected chi connectivity index (χ4v) is 2.62. The first kappa shape index (κ1) is 13.7. The molecule has 0 saturated carbocycles. The molecule has 0 atom stereocenters. The molecule has 0 aliphatic heterocycles. The minimum absolute atomic E-state index is 0.0607. The molecule has 0 bridgehead atoms. The molecule has 3 rings (SSSR count). The maximum absolute atomic E-state index is 10.7. The molecular weight excluding hydrogens is 286 g/mol. The summed E-state index contributed by atoms with van der Waals surface area (Å²) >= 11 is 5.99. The Bertz CT molecular complexity index is 790. The zero-order valence-corrected chi connectivity index (χ0v) is 12.0. The summed E-state index contributed by atoms with van der Waals surface area (Å²) in [5.74, 6) is -0.809. The highest BCUT2D eigenvalue weighted by Crippen LogP contribution is 2.21. The molecule has 21 heavy (non-hydrogen) atoms. The van der Waals surface area contributed by atoms with Gasteiger partial charge in [-0.25, -0.2) is 0 Å². The van der Waals surface area contributed by atoms with Gasteiger partial charge in [0.15, 0.2) is 0 Å². The quantitative estimate of drug-likeness (QED) is 0.792. The number of carbonyl (C=O) groups is 1. The average molecular weight is 300 g/mol. The molecule has 0 radical (unpaired) electrons. The molecule has 0 aliphatic carbocycles. The van der Waals surface area contributed by atoms with E-state index < -0.39 is 5.97 Å². The fraction of sp³-hybridized carbons (Fsp3) is 0.118. The molecule has 3 nitrogen and oxygen atoms in total. The molecule has 4 heteroatoms. The van der Waals surface area contributed by atoms with E-state index in [0.29, 0.717) is 0 Å². The van der Waals surface area contributed by atoms with Crippen LogP contribution in [0.2, 0.25) is 5.02 Å². The molecular formula is C17H14ClNO2. The van der Waals surface area contributed by atoms with Crippen molar-refractivity contribution in [2.75, 3.05) is 0 Å². The number of carboxylic acid groups (broad SMARTS) is 1. The number of aliphatic carboxylic acids is 1. The number of benzene rings is 2. The molecule has 106 valence electrons. The van der Waals surface area contributed by atoms with Gasteiger partial charge in [0, 0.05) is 28.7 Å². The lowest BCUT2D eigenvalue weighted by Gasteiger charge is -2.07. The number of aromatic nitrogens is 1. The third kappa shape index (κ3) is 3.09. The highest BCUT2D eigenvalue weighted by molar-refractivity contribution is 6.31. The number of rotatable bonds is 4. The van der Waals surface area contributed by atoms with Crippen molar-refractivity contribution in [3.63, 3.8) is 0 Å². The first-order valence-electron chi connectivity index (χ1n) is 6.66. The number of nitrogens with zero attached hydrogens (tertiary/aromatic N) is 1. The van der Waals surface area contributed by atoms with Gasteiger partial charge in [-0.2, -0.15) is 0 Å². The van der Waals surface area contributed by atoms with Crippen LogP contribution in [-0.2, 0) is 17.8 Å². The van der Waals surface area contributed by atoms with Crippen LogP contribution in [0.25, 0.3) is 10.9 Å². The van der Waals surface area contributed by atoms with E-state index in [4.69, 9.17) is 16.7 Å². The zero-order chi connectivity index (χ0) is 14.8. The van der Waals surface area contributed by atoms with Crippen LogP contribution < -0.4 is 0 Å². The Kier molecular flexibility index (Phi) is 3.67. The predicted octanol–water partition coefficient (Wildman–Crippen LogP) is 3.97. The Morgan fingerprint density at radius 3 is 2.48 bits per heavy atom. The predicted molar refractivity (Wildman–Crippen MR) is 83.8 cm³/mol. The zero-order valence-electron chi connectivity index (χ0n) is 11.3. The molecule has 3 aromatic rings. The van der Waals surface area contributed by atoms with Crippen molar-refractivity contribution in [1.82, 2.24) is 4.57 Å². The molecule has 1 heterocycles. The van der Waals surface area contributed by atoms with Crippen molar-refractivity contribution in [1.29, 1.82) is 0 Å². The van der Waals surface area contributed by atoms with Crippen LogP contribution in [0.3, 0.4) is 0 Å². The van der Waals surface area contributed by atoms with E-state index in [2.05, 4.69) is 4.57 Å². The van der Waals surface area contributed by atoms with Gasteiger partial charge in [0.25, 0.3) is 0 Å². The van der Waals surface area contributed by atoms with E-state index >= 15 is 0 Å². The van der Waals surface area contributed by atoms with Crippen LogP contribution >= 0.6 is 11.6 Å². The summed E-state index contributed by atoms with van der Waals surface area (Å²) < 4.78 is 2.15. The van der Waals surface area contributed by atoms with Crippen LogP contribution in [-0.4, -0.2) is 15.6 Å². The molecule has 0 spiro atoms. The SMILES string of the molecule is O=C(O)Cc1ccc(Cn2ccc3cc(Cl)ccc32)cc1. The molecule has 1 aromatic heterocycles. The highest BCUT2D eigenvalue weighted by Gasteiger charge is 2.04. The van der Waals surface area contributed by atoms with Crippen molar-refractivity contribution in [3.8, 4) is 0 Å². The van der Waals surface area contributed by atoms with E-state index in [9.17, 15) is 4.79 Å². The number of fused-ring (bicyclic) bond motifs is 1. The highest BCUT2D eigenvalue weighted by atomic mass is 35.5. The number of hydrogen-bond donors (Lipinski definition) is 1. The van der Waals surface area contributed by atoms with Gasteiger partial charge < -0.3 is 9.67 Å². The maximum Gasteiger partial charge on any atom is 0.307 e. The van der Waals surface area contributed by atoms with E-state index in [-0.39, 0.29) is 6.42 Å². The van der Waals surface area contributed by atoms with Crippen molar-refractivity contribution >= 4 is 28.5 Å². The lowest BCUT2D eigenvalue weighted by atomic mass is 10.1. The largest absolute Gasteiger partial charge is 0.481 e. The van der Waals surface area contributed by atoms with Gasteiger partial charge in [0.2, 0.25) is 0 Å². The molecule has 0 amide bonds. The number of hydrogen-bond acceptors (Lipinski definition) is 1. The summed E-state index contributed by atoms with van der Waals surface area (Å²) in [7, 11) is 0. The Morgan fingerprint density at radius 1 is 1.05 bits per heavy atom. The van der Waals surface area contributed by atoms with Gasteiger partial charge in [-0.1, -0.05) is 35.9 Å². The Balaban J connectivity index is 1.83. The molecule has 2 aromatic carbocycles. The fourth-order valence-electron chi connectivity index (χ4n) is 2.44. The first-order chi connectivity index (χ1) is 10.1. The van der Waals surface area contributed by atoms with Crippen molar-refractivity contribution < 1.29 is 9.90 Å². The van der Waals surface area contributed by atoms with Crippen LogP contribution in [0.1, 0.15) is 11.1 Å². The van der Waals surface area contributed by atoms with Gasteiger partial charge in [0.1, 0.15) is 0 Å². The van der Waals surface area contributed by atoms with E-state index in [1.54, 1.807) is 0 Å². The van der Waals surface area contributed by atoms with Crippen LogP contribution in [0.4, 0.5) is 0 Å². The van der Waals surface area contributed by atoms with E-state index in [1.807, 2.05) is 54.7 Å². The minimum atomic E-state index is -0.809. The summed E-state index contributed by atoms with van der Waals surface area (Å²) in [6.07, 6.45) is 2.09. The number of carboxylic acids is 1. The van der Waals surface area contributed by atoms with Gasteiger partial charge in [-0.3, -0.25) is 4.79 Å². The second-order valence-electron chi connectivity index (χ2n) is 5.03. The third-order valence-electron chi connectivity index (χ3n) is 3.46. The van der Waals surface area contributed by atoms with Crippen LogP contribution in [0.5, 0.6) is 0 Å². The standard InChI is InChI=1S/C17H14ClNO2/c18-15-5-6-16-14(10-15)7-8-19(16)11-13-3-1-12(2-4-13)9-17(20)21/h1-8,10H,9,11H2,(H,20,21). The van der Waals surface area contributed by atoms with Gasteiger partial charge in [-0.05, 0) is 35.4 Å². The summed E-state index contributed by atoms with van der Waals surface area (Å²) in [5, 5.41) is 10.6. The molecule has 0 saturated heterocycles. The minimum Gasteiger partial charge on any atom is -0.481 e. The van der Waals surface area contributed by atoms with Gasteiger partial charge >= 0.3 is 5.97 Å². The molecule has 0 unspecified atom stereocenters. The smallest absolute Gasteiger partial charge is 0.307 e. The van der Waals surface area contributed by atoms with Crippen LogP contribution in [0.15, 0.2) is 54.7 Å².